The zero-order valence-corrected chi connectivity index (χ0v) is 13.0. The Morgan fingerprint density at radius 2 is 2.05 bits per heavy atom. The lowest BCUT2D eigenvalue weighted by Gasteiger charge is -2.46. The Morgan fingerprint density at radius 3 is 2.57 bits per heavy atom. The molecule has 1 aromatic carbocycles. The number of hydrogen-bond acceptors (Lipinski definition) is 4. The number of aryl methyl sites for hydroxylation is 1. The highest BCUT2D eigenvalue weighted by Crippen LogP contribution is 2.23. The molecule has 4 heteroatoms. The third-order valence-corrected chi connectivity index (χ3v) is 4.41. The summed E-state index contributed by atoms with van der Waals surface area (Å²) in [5, 5.41) is 0. The number of carbonyl (C=O) groups excluding carboxylic acids is 1. The Kier molecular flexibility index (Phi) is 4.00. The van der Waals surface area contributed by atoms with Crippen LogP contribution in [0.4, 0.5) is 0 Å². The van der Waals surface area contributed by atoms with Gasteiger partial charge in [0.05, 0.1) is 24.8 Å². The second-order valence-electron chi connectivity index (χ2n) is 6.40. The van der Waals surface area contributed by atoms with Crippen LogP contribution >= 0.6 is 0 Å². The van der Waals surface area contributed by atoms with E-state index in [0.29, 0.717) is 17.5 Å². The van der Waals surface area contributed by atoms with Crippen molar-refractivity contribution in [2.24, 2.45) is 0 Å². The summed E-state index contributed by atoms with van der Waals surface area (Å²) < 4.78 is 10.7. The van der Waals surface area contributed by atoms with E-state index in [1.54, 1.807) is 0 Å². The summed E-state index contributed by atoms with van der Waals surface area (Å²) in [6, 6.07) is 6.39. The topological polar surface area (TPSA) is 38.8 Å². The van der Waals surface area contributed by atoms with Gasteiger partial charge >= 0.3 is 5.97 Å². The van der Waals surface area contributed by atoms with Crippen LogP contribution in [0.3, 0.4) is 0 Å². The van der Waals surface area contributed by atoms with Crippen molar-refractivity contribution in [3.05, 3.63) is 34.9 Å². The first-order valence-corrected chi connectivity index (χ1v) is 7.68. The van der Waals surface area contributed by atoms with Crippen LogP contribution in [-0.2, 0) is 9.47 Å². The lowest BCUT2D eigenvalue weighted by atomic mass is 9.96. The second-order valence-corrected chi connectivity index (χ2v) is 6.40. The van der Waals surface area contributed by atoms with Gasteiger partial charge in [-0.2, -0.15) is 0 Å². The van der Waals surface area contributed by atoms with Gasteiger partial charge in [0.2, 0.25) is 0 Å². The molecule has 0 aliphatic carbocycles. The summed E-state index contributed by atoms with van der Waals surface area (Å²) in [6.45, 7) is 9.67. The lowest BCUT2D eigenvalue weighted by Crippen LogP contribution is -2.62. The summed E-state index contributed by atoms with van der Waals surface area (Å²) >= 11 is 0. The first-order chi connectivity index (χ1) is 10.0. The maximum atomic E-state index is 12.2. The fraction of sp³-hybridized carbons (Fsp3) is 0.588. The number of benzene rings is 1. The third-order valence-electron chi connectivity index (χ3n) is 4.41. The fourth-order valence-corrected chi connectivity index (χ4v) is 2.95. The first kappa shape index (κ1) is 14.5. The molecule has 0 bridgehead atoms. The van der Waals surface area contributed by atoms with E-state index in [1.807, 2.05) is 25.1 Å². The maximum Gasteiger partial charge on any atom is 0.338 e. The number of likely N-dealkylation sites (tertiary alicyclic amines) is 1. The summed E-state index contributed by atoms with van der Waals surface area (Å²) in [5.74, 6) is 0.267. The molecular weight excluding hydrogens is 266 g/mol. The van der Waals surface area contributed by atoms with Crippen LogP contribution in [0.15, 0.2) is 18.2 Å². The molecule has 114 valence electrons. The van der Waals surface area contributed by atoms with Crippen LogP contribution in [0, 0.1) is 6.92 Å². The van der Waals surface area contributed by atoms with Crippen LogP contribution in [-0.4, -0.2) is 49.3 Å². The summed E-state index contributed by atoms with van der Waals surface area (Å²) in [6.07, 6.45) is 0.0307. The molecule has 2 heterocycles. The first-order valence-electron chi connectivity index (χ1n) is 7.68. The summed E-state index contributed by atoms with van der Waals surface area (Å²) in [7, 11) is 0. The van der Waals surface area contributed by atoms with E-state index >= 15 is 0 Å². The highest BCUT2D eigenvalue weighted by Gasteiger charge is 2.38. The van der Waals surface area contributed by atoms with Crippen molar-refractivity contribution >= 4 is 5.97 Å². The second kappa shape index (κ2) is 5.78. The minimum atomic E-state index is -0.206. The largest absolute Gasteiger partial charge is 0.456 e. The Balaban J connectivity index is 1.55. The Labute approximate surface area is 126 Å². The number of carbonyl (C=O) groups is 1. The van der Waals surface area contributed by atoms with Gasteiger partial charge in [0.15, 0.2) is 0 Å². The molecule has 0 saturated carbocycles. The molecule has 1 aromatic rings. The normalized spacial score (nSPS) is 20.2. The van der Waals surface area contributed by atoms with E-state index in [-0.39, 0.29) is 12.1 Å². The smallest absolute Gasteiger partial charge is 0.338 e. The zero-order chi connectivity index (χ0) is 15.0. The van der Waals surface area contributed by atoms with Crippen LogP contribution in [0.1, 0.15) is 41.3 Å². The molecule has 0 atom stereocenters. The van der Waals surface area contributed by atoms with Crippen molar-refractivity contribution in [2.45, 2.75) is 38.8 Å². The molecule has 2 aliphatic rings. The molecule has 0 aromatic heterocycles. The molecule has 4 nitrogen and oxygen atoms in total. The van der Waals surface area contributed by atoms with Gasteiger partial charge in [-0.1, -0.05) is 19.9 Å². The number of nitrogens with zero attached hydrogens (tertiary/aromatic N) is 1. The van der Waals surface area contributed by atoms with E-state index in [4.69, 9.17) is 9.47 Å². The highest BCUT2D eigenvalue weighted by molar-refractivity contribution is 5.90. The Bertz CT molecular complexity index is 531. The van der Waals surface area contributed by atoms with Gasteiger partial charge in [-0.15, -0.1) is 0 Å². The maximum absolute atomic E-state index is 12.2. The van der Waals surface area contributed by atoms with E-state index in [0.717, 1.165) is 31.9 Å². The van der Waals surface area contributed by atoms with Gasteiger partial charge in [0.25, 0.3) is 0 Å². The molecular formula is C17H23NO3. The molecule has 2 fully saturated rings. The van der Waals surface area contributed by atoms with Crippen molar-refractivity contribution in [2.75, 3.05) is 26.3 Å². The van der Waals surface area contributed by atoms with Crippen molar-refractivity contribution < 1.29 is 14.3 Å². The van der Waals surface area contributed by atoms with Crippen LogP contribution in [0.25, 0.3) is 0 Å². The Hall–Kier alpha value is -1.39. The molecule has 0 spiro atoms. The van der Waals surface area contributed by atoms with Crippen LogP contribution < -0.4 is 0 Å². The predicted octanol–water partition coefficient (Wildman–Crippen LogP) is 2.36. The standard InChI is InChI=1S/C17H23NO3/c1-11(2)16-5-4-13(6-12(16)3)17(19)21-15-7-18(8-15)14-9-20-10-14/h4-6,11,14-15H,7-10H2,1-3H3. The molecule has 0 radical (unpaired) electrons. The van der Waals surface area contributed by atoms with Crippen molar-refractivity contribution in [3.63, 3.8) is 0 Å². The lowest BCUT2D eigenvalue weighted by molar-refractivity contribution is -0.124. The van der Waals surface area contributed by atoms with Crippen molar-refractivity contribution in [1.82, 2.24) is 4.90 Å². The number of ether oxygens (including phenoxy) is 2. The predicted molar refractivity (Wildman–Crippen MR) is 80.7 cm³/mol. The fourth-order valence-electron chi connectivity index (χ4n) is 2.95. The minimum Gasteiger partial charge on any atom is -0.456 e. The number of rotatable bonds is 4. The highest BCUT2D eigenvalue weighted by atomic mass is 16.5. The van der Waals surface area contributed by atoms with E-state index in [2.05, 4.69) is 18.7 Å². The third kappa shape index (κ3) is 2.97. The summed E-state index contributed by atoms with van der Waals surface area (Å²) in [4.78, 5) is 14.5. The van der Waals surface area contributed by atoms with Gasteiger partial charge in [0, 0.05) is 13.1 Å². The SMILES string of the molecule is Cc1cc(C(=O)OC2CN(C3COC3)C2)ccc1C(C)C. The van der Waals surface area contributed by atoms with Crippen LogP contribution in [0.5, 0.6) is 0 Å². The van der Waals surface area contributed by atoms with Crippen molar-refractivity contribution in [1.29, 1.82) is 0 Å². The molecule has 21 heavy (non-hydrogen) atoms. The quantitative estimate of drug-likeness (QED) is 0.798. The number of hydrogen-bond donors (Lipinski definition) is 0. The average molecular weight is 289 g/mol. The van der Waals surface area contributed by atoms with Gasteiger partial charge in [0.1, 0.15) is 6.10 Å². The van der Waals surface area contributed by atoms with Gasteiger partial charge in [-0.25, -0.2) is 4.79 Å². The minimum absolute atomic E-state index is 0.0307. The molecule has 3 rings (SSSR count). The summed E-state index contributed by atoms with van der Waals surface area (Å²) in [5.41, 5.74) is 3.09. The number of esters is 1. The monoisotopic (exact) mass is 289 g/mol. The molecule has 0 amide bonds. The molecule has 0 unspecified atom stereocenters. The van der Waals surface area contributed by atoms with Gasteiger partial charge < -0.3 is 9.47 Å². The van der Waals surface area contributed by atoms with Crippen molar-refractivity contribution in [3.8, 4) is 0 Å². The van der Waals surface area contributed by atoms with E-state index in [1.165, 1.54) is 5.56 Å². The molecule has 2 saturated heterocycles. The Morgan fingerprint density at radius 1 is 1.33 bits per heavy atom. The average Bonchev–Trinajstić information content (AvgIpc) is 2.33. The molecule has 0 N–H and O–H groups in total. The van der Waals surface area contributed by atoms with Gasteiger partial charge in [-0.3, -0.25) is 4.90 Å². The zero-order valence-electron chi connectivity index (χ0n) is 13.0. The van der Waals surface area contributed by atoms with Crippen LogP contribution in [0.2, 0.25) is 0 Å². The van der Waals surface area contributed by atoms with Gasteiger partial charge in [-0.05, 0) is 36.1 Å². The van der Waals surface area contributed by atoms with E-state index in [9.17, 15) is 4.79 Å². The van der Waals surface area contributed by atoms with E-state index < -0.39 is 0 Å². The molecule has 2 aliphatic heterocycles.